The fourth-order valence-electron chi connectivity index (χ4n) is 2.42. The van der Waals surface area contributed by atoms with Gasteiger partial charge in [0.05, 0.1) is 6.04 Å². The minimum atomic E-state index is -0.443. The summed E-state index contributed by atoms with van der Waals surface area (Å²) in [4.78, 5) is 33.1. The molecule has 0 fully saturated rings. The Labute approximate surface area is 212 Å². The number of aryl methyl sites for hydroxylation is 1. The number of amides is 4. The highest BCUT2D eigenvalue weighted by atomic mass is 16.2. The zero-order valence-corrected chi connectivity index (χ0v) is 23.1. The van der Waals surface area contributed by atoms with E-state index in [1.54, 1.807) is 0 Å². The van der Waals surface area contributed by atoms with E-state index in [4.69, 9.17) is 17.3 Å². The van der Waals surface area contributed by atoms with E-state index in [2.05, 4.69) is 16.0 Å². The molecule has 1 unspecified atom stereocenters. The first-order valence-corrected chi connectivity index (χ1v) is 12.1. The van der Waals surface area contributed by atoms with Crippen LogP contribution in [0.25, 0.3) is 0 Å². The number of nitrogens with two attached hydrogens (primary N) is 3. The van der Waals surface area contributed by atoms with Gasteiger partial charge in [-0.3, -0.25) is 9.59 Å². The second-order valence-corrected chi connectivity index (χ2v) is 7.43. The van der Waals surface area contributed by atoms with E-state index >= 15 is 0 Å². The lowest BCUT2D eigenvalue weighted by Gasteiger charge is -2.24. The van der Waals surface area contributed by atoms with Crippen LogP contribution in [0.4, 0.5) is 10.5 Å². The Morgan fingerprint density at radius 3 is 1.91 bits per heavy atom. The molecule has 202 valence electrons. The standard InChI is InChI=1S/C17H27N5O2.C4H10N2O.2C2H6/c1-11(2)17(20-13(4)23)15(18)9-22(19)10-16(24)21-14-7-5-12(3)6-8-14;1-2-3-6-4(5)7;2*1-2/h5-9,11,17H,10,18-19H2,1-4H3,(H,20,23)(H,21,24);2-3H2,1H3,(H3,5,6,7);2*1-2H3/b15-9-;;;. The van der Waals surface area contributed by atoms with Crippen molar-refractivity contribution < 1.29 is 14.4 Å². The Bertz CT molecular complexity index is 735. The first-order valence-electron chi connectivity index (χ1n) is 12.1. The Morgan fingerprint density at radius 1 is 1.03 bits per heavy atom. The summed E-state index contributed by atoms with van der Waals surface area (Å²) in [6, 6.07) is 6.69. The van der Waals surface area contributed by atoms with Crippen LogP contribution in [0.15, 0.2) is 36.2 Å². The number of hydrazine groups is 1. The van der Waals surface area contributed by atoms with Gasteiger partial charge in [-0.2, -0.15) is 0 Å². The number of anilines is 1. The Balaban J connectivity index is -0.000000786. The molecule has 1 atom stereocenters. The lowest BCUT2D eigenvalue weighted by Crippen LogP contribution is -2.43. The largest absolute Gasteiger partial charge is 0.399 e. The fraction of sp³-hybridized carbons (Fsp3) is 0.560. The predicted octanol–water partition coefficient (Wildman–Crippen LogP) is 3.19. The van der Waals surface area contributed by atoms with Crippen molar-refractivity contribution in [2.45, 2.75) is 74.8 Å². The Hall–Kier alpha value is -3.27. The summed E-state index contributed by atoms with van der Waals surface area (Å²) >= 11 is 0. The van der Waals surface area contributed by atoms with Gasteiger partial charge in [-0.15, -0.1) is 0 Å². The van der Waals surface area contributed by atoms with Crippen LogP contribution in [0.5, 0.6) is 0 Å². The van der Waals surface area contributed by atoms with Crippen molar-refractivity contribution in [1.82, 2.24) is 15.6 Å². The van der Waals surface area contributed by atoms with Crippen LogP contribution in [0, 0.1) is 12.8 Å². The number of urea groups is 1. The van der Waals surface area contributed by atoms with Crippen molar-refractivity contribution in [1.29, 1.82) is 0 Å². The van der Waals surface area contributed by atoms with Crippen molar-refractivity contribution in [3.8, 4) is 0 Å². The Kier molecular flexibility index (Phi) is 23.4. The lowest BCUT2D eigenvalue weighted by molar-refractivity contribution is -0.120. The first-order chi connectivity index (χ1) is 16.5. The number of carbonyl (C=O) groups is 3. The van der Waals surface area contributed by atoms with Crippen LogP contribution in [0.3, 0.4) is 0 Å². The van der Waals surface area contributed by atoms with Crippen LogP contribution >= 0.6 is 0 Å². The van der Waals surface area contributed by atoms with E-state index in [0.29, 0.717) is 17.9 Å². The highest BCUT2D eigenvalue weighted by Crippen LogP contribution is 2.10. The third-order valence-electron chi connectivity index (χ3n) is 3.91. The minimum absolute atomic E-state index is 0.0561. The molecule has 9 N–H and O–H groups in total. The monoisotopic (exact) mass is 495 g/mol. The summed E-state index contributed by atoms with van der Waals surface area (Å²) in [6.45, 7) is 17.9. The Morgan fingerprint density at radius 2 is 1.54 bits per heavy atom. The number of hydrogen-bond donors (Lipinski definition) is 6. The maximum atomic E-state index is 12.0. The molecule has 0 aliphatic heterocycles. The SMILES string of the molecule is CC.CC.CC(=O)NC(/C(N)=C/N(N)CC(=O)Nc1ccc(C)cc1)C(C)C.CCCNC(N)=O. The summed E-state index contributed by atoms with van der Waals surface area (Å²) in [6.07, 6.45) is 2.40. The summed E-state index contributed by atoms with van der Waals surface area (Å²) in [5, 5.41) is 9.16. The van der Waals surface area contributed by atoms with Crippen LogP contribution in [-0.4, -0.2) is 42.0 Å². The highest BCUT2D eigenvalue weighted by Gasteiger charge is 2.18. The summed E-state index contributed by atoms with van der Waals surface area (Å²) in [5.74, 6) is 5.49. The molecule has 1 aromatic rings. The van der Waals surface area contributed by atoms with Gasteiger partial charge in [0.25, 0.3) is 0 Å². The maximum absolute atomic E-state index is 12.0. The number of nitrogens with one attached hydrogen (secondary N) is 3. The molecule has 0 radical (unpaired) electrons. The molecule has 10 nitrogen and oxygen atoms in total. The van der Waals surface area contributed by atoms with Crippen molar-refractivity contribution in [3.05, 3.63) is 41.7 Å². The first kappa shape index (κ1) is 36.3. The molecule has 0 aliphatic carbocycles. The number of hydrogen-bond acceptors (Lipinski definition) is 6. The van der Waals surface area contributed by atoms with Crippen LogP contribution in [-0.2, 0) is 9.59 Å². The van der Waals surface area contributed by atoms with E-state index in [9.17, 15) is 14.4 Å². The molecule has 1 rings (SSSR count). The van der Waals surface area contributed by atoms with Gasteiger partial charge in [0.15, 0.2) is 0 Å². The number of primary amides is 1. The third kappa shape index (κ3) is 21.0. The lowest BCUT2D eigenvalue weighted by atomic mass is 10.0. The van der Waals surface area contributed by atoms with E-state index in [1.165, 1.54) is 18.1 Å². The van der Waals surface area contributed by atoms with Crippen molar-refractivity contribution in [2.24, 2.45) is 23.2 Å². The molecule has 1 aromatic carbocycles. The van der Waals surface area contributed by atoms with Gasteiger partial charge < -0.3 is 32.4 Å². The van der Waals surface area contributed by atoms with E-state index < -0.39 is 6.03 Å². The topological polar surface area (TPSA) is 169 Å². The van der Waals surface area contributed by atoms with E-state index in [-0.39, 0.29) is 30.3 Å². The molecule has 0 bridgehead atoms. The van der Waals surface area contributed by atoms with Gasteiger partial charge in [0.1, 0.15) is 6.54 Å². The van der Waals surface area contributed by atoms with Crippen LogP contribution < -0.4 is 33.3 Å². The summed E-state index contributed by atoms with van der Waals surface area (Å²) in [5.41, 5.74) is 12.9. The molecule has 0 saturated carbocycles. The van der Waals surface area contributed by atoms with Gasteiger partial charge in [-0.25, -0.2) is 10.6 Å². The average molecular weight is 496 g/mol. The summed E-state index contributed by atoms with van der Waals surface area (Å²) in [7, 11) is 0. The number of carbonyl (C=O) groups excluding carboxylic acids is 3. The van der Waals surface area contributed by atoms with Crippen molar-refractivity contribution in [2.75, 3.05) is 18.4 Å². The molecule has 35 heavy (non-hydrogen) atoms. The van der Waals surface area contributed by atoms with Crippen LogP contribution in [0.1, 0.15) is 67.4 Å². The second kappa shape index (κ2) is 22.5. The highest BCUT2D eigenvalue weighted by molar-refractivity contribution is 5.92. The zero-order valence-electron chi connectivity index (χ0n) is 23.1. The fourth-order valence-corrected chi connectivity index (χ4v) is 2.42. The van der Waals surface area contributed by atoms with Gasteiger partial charge >= 0.3 is 6.03 Å². The van der Waals surface area contributed by atoms with E-state index in [0.717, 1.165) is 12.0 Å². The van der Waals surface area contributed by atoms with Gasteiger partial charge in [-0.1, -0.05) is 66.2 Å². The zero-order chi connectivity index (χ0) is 28.0. The molecular formula is C25H49N7O3. The molecule has 0 aromatic heterocycles. The number of rotatable bonds is 9. The molecule has 0 heterocycles. The van der Waals surface area contributed by atoms with Crippen LogP contribution in [0.2, 0.25) is 0 Å². The number of benzene rings is 1. The van der Waals surface area contributed by atoms with E-state index in [1.807, 2.05) is 79.7 Å². The molecule has 0 aliphatic rings. The van der Waals surface area contributed by atoms with Gasteiger partial charge in [-0.05, 0) is 31.4 Å². The average Bonchev–Trinajstić information content (AvgIpc) is 2.80. The van der Waals surface area contributed by atoms with Gasteiger partial charge in [0.2, 0.25) is 11.8 Å². The third-order valence-corrected chi connectivity index (χ3v) is 3.91. The smallest absolute Gasteiger partial charge is 0.312 e. The van der Waals surface area contributed by atoms with Gasteiger partial charge in [0, 0.05) is 31.1 Å². The molecule has 0 spiro atoms. The second-order valence-electron chi connectivity index (χ2n) is 7.43. The number of nitrogens with zero attached hydrogens (tertiary/aromatic N) is 1. The van der Waals surface area contributed by atoms with Crippen molar-refractivity contribution >= 4 is 23.5 Å². The quantitative estimate of drug-likeness (QED) is 0.227. The molecular weight excluding hydrogens is 446 g/mol. The summed E-state index contributed by atoms with van der Waals surface area (Å²) < 4.78 is 0. The van der Waals surface area contributed by atoms with Crippen molar-refractivity contribution in [3.63, 3.8) is 0 Å². The predicted molar refractivity (Wildman–Crippen MR) is 146 cm³/mol. The molecule has 4 amide bonds. The maximum Gasteiger partial charge on any atom is 0.312 e. The normalized spacial score (nSPS) is 10.7. The molecule has 0 saturated heterocycles. The molecule has 10 heteroatoms. The minimum Gasteiger partial charge on any atom is -0.399 e.